The molecule has 0 bridgehead atoms. The highest BCUT2D eigenvalue weighted by molar-refractivity contribution is 5.75. The summed E-state index contributed by atoms with van der Waals surface area (Å²) in [5.74, 6) is 0.738. The van der Waals surface area contributed by atoms with E-state index in [-0.39, 0.29) is 5.91 Å². The monoisotopic (exact) mass is 342 g/mol. The average Bonchev–Trinajstić information content (AvgIpc) is 3.34. The second-order valence-corrected chi connectivity index (χ2v) is 7.27. The molecule has 3 heterocycles. The number of hydrogen-bond acceptors (Lipinski definition) is 4. The van der Waals surface area contributed by atoms with Crippen LogP contribution in [-0.2, 0) is 11.3 Å². The number of rotatable bonds is 4. The lowest BCUT2D eigenvalue weighted by Gasteiger charge is -2.31. The van der Waals surface area contributed by atoms with Gasteiger partial charge in [0, 0.05) is 37.6 Å². The predicted octanol–water partition coefficient (Wildman–Crippen LogP) is 2.39. The molecule has 1 aliphatic heterocycles. The van der Waals surface area contributed by atoms with E-state index in [2.05, 4.69) is 21.6 Å². The maximum absolute atomic E-state index is 12.3. The molecule has 0 unspecified atom stereocenters. The Morgan fingerprint density at radius 2 is 1.92 bits per heavy atom. The lowest BCUT2D eigenvalue weighted by Crippen LogP contribution is -2.40. The summed E-state index contributed by atoms with van der Waals surface area (Å²) >= 11 is 0. The summed E-state index contributed by atoms with van der Waals surface area (Å²) in [4.78, 5) is 14.3. The normalized spacial score (nSPS) is 20.1. The van der Waals surface area contributed by atoms with Gasteiger partial charge in [-0.3, -0.25) is 9.48 Å². The van der Waals surface area contributed by atoms with Crippen LogP contribution in [0.1, 0.15) is 62.6 Å². The van der Waals surface area contributed by atoms with Gasteiger partial charge in [0.1, 0.15) is 6.54 Å². The lowest BCUT2D eigenvalue weighted by atomic mass is 9.87. The molecule has 7 nitrogen and oxygen atoms in total. The van der Waals surface area contributed by atoms with E-state index in [1.165, 1.54) is 32.1 Å². The summed E-state index contributed by atoms with van der Waals surface area (Å²) in [6.07, 6.45) is 14.1. The first-order valence-electron chi connectivity index (χ1n) is 9.46. The van der Waals surface area contributed by atoms with Gasteiger partial charge in [-0.05, 0) is 31.7 Å². The fourth-order valence-corrected chi connectivity index (χ4v) is 4.07. The first kappa shape index (κ1) is 16.3. The molecule has 1 amide bonds. The Labute approximate surface area is 148 Å². The van der Waals surface area contributed by atoms with Crippen LogP contribution in [0.25, 0.3) is 0 Å². The Kier molecular flexibility index (Phi) is 4.81. The van der Waals surface area contributed by atoms with Crippen molar-refractivity contribution in [2.45, 2.75) is 63.5 Å². The van der Waals surface area contributed by atoms with Crippen LogP contribution in [-0.4, -0.2) is 48.7 Å². The summed E-state index contributed by atoms with van der Waals surface area (Å²) in [6.45, 7) is 1.89. The van der Waals surface area contributed by atoms with E-state index in [4.69, 9.17) is 0 Å². The van der Waals surface area contributed by atoms with Gasteiger partial charge in [-0.1, -0.05) is 24.5 Å². The minimum atomic E-state index is 0.142. The van der Waals surface area contributed by atoms with Crippen LogP contribution in [0.4, 0.5) is 0 Å². The van der Waals surface area contributed by atoms with Gasteiger partial charge in [0.05, 0.1) is 11.7 Å². The molecule has 0 aromatic carbocycles. The van der Waals surface area contributed by atoms with E-state index in [0.29, 0.717) is 18.5 Å². The molecule has 134 valence electrons. The Balaban J connectivity index is 1.31. The van der Waals surface area contributed by atoms with Gasteiger partial charge >= 0.3 is 0 Å². The van der Waals surface area contributed by atoms with Crippen LogP contribution < -0.4 is 0 Å². The quantitative estimate of drug-likeness (QED) is 0.855. The highest BCUT2D eigenvalue weighted by atomic mass is 16.2. The van der Waals surface area contributed by atoms with Crippen LogP contribution in [0.15, 0.2) is 24.7 Å². The topological polar surface area (TPSA) is 68.8 Å². The third-order valence-corrected chi connectivity index (χ3v) is 5.60. The Morgan fingerprint density at radius 3 is 2.64 bits per heavy atom. The van der Waals surface area contributed by atoms with E-state index >= 15 is 0 Å². The van der Waals surface area contributed by atoms with Crippen molar-refractivity contribution in [3.63, 3.8) is 0 Å². The second-order valence-electron chi connectivity index (χ2n) is 7.27. The molecule has 2 aromatic rings. The summed E-state index contributed by atoms with van der Waals surface area (Å²) in [5, 5.41) is 12.9. The van der Waals surface area contributed by atoms with Crippen molar-refractivity contribution in [2.24, 2.45) is 0 Å². The fourth-order valence-electron chi connectivity index (χ4n) is 4.07. The number of amides is 1. The van der Waals surface area contributed by atoms with Gasteiger partial charge in [-0.25, -0.2) is 4.68 Å². The summed E-state index contributed by atoms with van der Waals surface area (Å²) in [7, 11) is 0. The van der Waals surface area contributed by atoms with E-state index in [9.17, 15) is 4.79 Å². The van der Waals surface area contributed by atoms with E-state index in [1.807, 2.05) is 21.8 Å². The van der Waals surface area contributed by atoms with Crippen LogP contribution in [0.2, 0.25) is 0 Å². The zero-order valence-electron chi connectivity index (χ0n) is 14.6. The molecule has 0 N–H and O–H groups in total. The van der Waals surface area contributed by atoms with Crippen molar-refractivity contribution >= 4 is 5.91 Å². The first-order chi connectivity index (χ1) is 12.3. The number of aromatic nitrogens is 5. The van der Waals surface area contributed by atoms with Crippen molar-refractivity contribution in [1.82, 2.24) is 29.7 Å². The Bertz CT molecular complexity index is 680. The molecule has 7 heteroatoms. The van der Waals surface area contributed by atoms with Gasteiger partial charge < -0.3 is 4.90 Å². The van der Waals surface area contributed by atoms with Crippen LogP contribution >= 0.6 is 0 Å². The van der Waals surface area contributed by atoms with E-state index in [1.54, 1.807) is 10.9 Å². The molecule has 0 spiro atoms. The summed E-state index contributed by atoms with van der Waals surface area (Å²) in [5.41, 5.74) is 1.16. The summed E-state index contributed by atoms with van der Waals surface area (Å²) < 4.78 is 3.72. The van der Waals surface area contributed by atoms with Crippen molar-refractivity contribution < 1.29 is 4.79 Å². The first-order valence-corrected chi connectivity index (χ1v) is 9.46. The standard InChI is InChI=1S/C18H26N6O/c25-18(14-23-10-4-9-19-23)22-11-7-16(8-12-22)24-13-17(20-21-24)15-5-2-1-3-6-15/h4,9-10,13,15-16H,1-3,5-8,11-12,14H2. The van der Waals surface area contributed by atoms with Crippen LogP contribution in [0, 0.1) is 0 Å². The maximum atomic E-state index is 12.3. The molecule has 4 rings (SSSR count). The van der Waals surface area contributed by atoms with Crippen molar-refractivity contribution in [1.29, 1.82) is 0 Å². The number of hydrogen-bond donors (Lipinski definition) is 0. The third kappa shape index (κ3) is 3.75. The second kappa shape index (κ2) is 7.37. The molecule has 2 aromatic heterocycles. The SMILES string of the molecule is O=C(Cn1cccn1)N1CCC(n2cc(C3CCCCC3)nn2)CC1. The van der Waals surface area contributed by atoms with E-state index < -0.39 is 0 Å². The van der Waals surface area contributed by atoms with Crippen LogP contribution in [0.5, 0.6) is 0 Å². The van der Waals surface area contributed by atoms with Crippen molar-refractivity contribution in [3.05, 3.63) is 30.4 Å². The number of nitrogens with zero attached hydrogens (tertiary/aromatic N) is 6. The molecule has 0 atom stereocenters. The molecule has 1 saturated carbocycles. The smallest absolute Gasteiger partial charge is 0.244 e. The minimum absolute atomic E-state index is 0.142. The predicted molar refractivity (Wildman–Crippen MR) is 92.9 cm³/mol. The van der Waals surface area contributed by atoms with E-state index in [0.717, 1.165) is 31.6 Å². The van der Waals surface area contributed by atoms with Gasteiger partial charge in [-0.2, -0.15) is 5.10 Å². The lowest BCUT2D eigenvalue weighted by molar-refractivity contribution is -0.133. The molecule has 1 saturated heterocycles. The molecular weight excluding hydrogens is 316 g/mol. The molecule has 2 fully saturated rings. The maximum Gasteiger partial charge on any atom is 0.244 e. The van der Waals surface area contributed by atoms with Crippen LogP contribution in [0.3, 0.4) is 0 Å². The van der Waals surface area contributed by atoms with Gasteiger partial charge in [0.2, 0.25) is 5.91 Å². The highest BCUT2D eigenvalue weighted by Gasteiger charge is 2.26. The zero-order chi connectivity index (χ0) is 17.1. The third-order valence-electron chi connectivity index (χ3n) is 5.60. The van der Waals surface area contributed by atoms with Gasteiger partial charge in [0.25, 0.3) is 0 Å². The molecule has 25 heavy (non-hydrogen) atoms. The number of carbonyl (C=O) groups is 1. The summed E-state index contributed by atoms with van der Waals surface area (Å²) in [6, 6.07) is 2.20. The Hall–Kier alpha value is -2.18. The molecule has 1 aliphatic carbocycles. The van der Waals surface area contributed by atoms with Gasteiger partial charge in [-0.15, -0.1) is 5.10 Å². The van der Waals surface area contributed by atoms with Gasteiger partial charge in [0.15, 0.2) is 0 Å². The minimum Gasteiger partial charge on any atom is -0.341 e. The molecular formula is C18H26N6O. The number of likely N-dealkylation sites (tertiary alicyclic amines) is 1. The largest absolute Gasteiger partial charge is 0.341 e. The number of piperidine rings is 1. The fraction of sp³-hybridized carbons (Fsp3) is 0.667. The average molecular weight is 342 g/mol. The zero-order valence-corrected chi connectivity index (χ0v) is 14.6. The highest BCUT2D eigenvalue weighted by Crippen LogP contribution is 2.32. The number of carbonyl (C=O) groups excluding carboxylic acids is 1. The molecule has 0 radical (unpaired) electrons. The van der Waals surface area contributed by atoms with Crippen molar-refractivity contribution in [3.8, 4) is 0 Å². The Morgan fingerprint density at radius 1 is 1.12 bits per heavy atom. The van der Waals surface area contributed by atoms with Crippen molar-refractivity contribution in [2.75, 3.05) is 13.1 Å². The molecule has 2 aliphatic rings.